The number of carbonyl (C=O) groups excluding carboxylic acids is 1. The van der Waals surface area contributed by atoms with Gasteiger partial charge in [-0.15, -0.1) is 0 Å². The fourth-order valence-corrected chi connectivity index (χ4v) is 2.66. The molecule has 2 unspecified atom stereocenters. The van der Waals surface area contributed by atoms with Crippen molar-refractivity contribution >= 4 is 5.91 Å². The first-order chi connectivity index (χ1) is 8.58. The number of likely N-dealkylation sites (N-methyl/N-ethyl adjacent to an activating group) is 2. The molecule has 0 aromatic rings. The third-order valence-corrected chi connectivity index (χ3v) is 3.71. The average Bonchev–Trinajstić information content (AvgIpc) is 2.50. The van der Waals surface area contributed by atoms with Crippen LogP contribution in [0.3, 0.4) is 0 Å². The number of primary amides is 1. The number of hydrogen-bond acceptors (Lipinski definition) is 4. The summed E-state index contributed by atoms with van der Waals surface area (Å²) in [6.45, 7) is 8.99. The van der Waals surface area contributed by atoms with Crippen molar-refractivity contribution < 1.29 is 4.79 Å². The maximum atomic E-state index is 11.4. The summed E-state index contributed by atoms with van der Waals surface area (Å²) in [4.78, 5) is 16.2. The van der Waals surface area contributed by atoms with Gasteiger partial charge in [0.2, 0.25) is 5.91 Å². The number of nitrogens with two attached hydrogens (primary N) is 1. The first-order valence-corrected chi connectivity index (χ1v) is 7.03. The van der Waals surface area contributed by atoms with E-state index in [1.165, 1.54) is 0 Å². The van der Waals surface area contributed by atoms with E-state index in [9.17, 15) is 4.79 Å². The normalized spacial score (nSPS) is 24.7. The number of amides is 1. The quantitative estimate of drug-likeness (QED) is 0.695. The summed E-state index contributed by atoms with van der Waals surface area (Å²) >= 11 is 0. The van der Waals surface area contributed by atoms with Crippen molar-refractivity contribution in [3.05, 3.63) is 0 Å². The molecule has 5 heteroatoms. The highest BCUT2D eigenvalue weighted by Crippen LogP contribution is 2.12. The van der Waals surface area contributed by atoms with Gasteiger partial charge >= 0.3 is 0 Å². The highest BCUT2D eigenvalue weighted by molar-refractivity contribution is 5.80. The van der Waals surface area contributed by atoms with Crippen molar-refractivity contribution in [1.29, 1.82) is 0 Å². The molecule has 1 amide bonds. The predicted molar refractivity (Wildman–Crippen MR) is 74.4 cm³/mol. The van der Waals surface area contributed by atoms with E-state index in [4.69, 9.17) is 5.73 Å². The van der Waals surface area contributed by atoms with Crippen molar-refractivity contribution in [3.63, 3.8) is 0 Å². The van der Waals surface area contributed by atoms with Gasteiger partial charge in [-0.05, 0) is 39.5 Å². The van der Waals surface area contributed by atoms with Crippen LogP contribution in [0.2, 0.25) is 0 Å². The Bertz CT molecular complexity index is 259. The topological polar surface area (TPSA) is 61.6 Å². The summed E-state index contributed by atoms with van der Waals surface area (Å²) in [5, 5.41) is 3.18. The fourth-order valence-electron chi connectivity index (χ4n) is 2.66. The summed E-state index contributed by atoms with van der Waals surface area (Å²) in [6, 6.07) is 0.297. The maximum Gasteiger partial charge on any atom is 0.235 e. The Labute approximate surface area is 111 Å². The molecule has 1 aliphatic rings. The van der Waals surface area contributed by atoms with E-state index < -0.39 is 0 Å². The zero-order valence-corrected chi connectivity index (χ0v) is 12.0. The number of rotatable bonds is 6. The van der Waals surface area contributed by atoms with Crippen molar-refractivity contribution in [1.82, 2.24) is 15.1 Å². The van der Waals surface area contributed by atoms with Crippen LogP contribution in [0.25, 0.3) is 0 Å². The van der Waals surface area contributed by atoms with Crippen molar-refractivity contribution in [2.75, 3.05) is 39.8 Å². The van der Waals surface area contributed by atoms with Gasteiger partial charge in [0.15, 0.2) is 0 Å². The SMILES string of the molecule is CCNC(CN1CCCN(C)CC1CC)C(N)=O. The second-order valence-electron chi connectivity index (χ2n) is 5.19. The molecule has 0 bridgehead atoms. The summed E-state index contributed by atoms with van der Waals surface area (Å²) in [6.07, 6.45) is 2.27. The highest BCUT2D eigenvalue weighted by atomic mass is 16.1. The van der Waals surface area contributed by atoms with Gasteiger partial charge in [0.1, 0.15) is 0 Å². The van der Waals surface area contributed by atoms with Gasteiger partial charge < -0.3 is 16.0 Å². The van der Waals surface area contributed by atoms with Crippen LogP contribution >= 0.6 is 0 Å². The lowest BCUT2D eigenvalue weighted by Crippen LogP contribution is -2.52. The number of carbonyl (C=O) groups is 1. The van der Waals surface area contributed by atoms with Crippen LogP contribution in [-0.4, -0.2) is 67.6 Å². The molecule has 1 saturated heterocycles. The standard InChI is InChI=1S/C13H28N4O/c1-4-11-9-16(3)7-6-8-17(11)10-12(13(14)18)15-5-2/h11-12,15H,4-10H2,1-3H3,(H2,14,18). The second-order valence-corrected chi connectivity index (χ2v) is 5.19. The number of hydrogen-bond donors (Lipinski definition) is 2. The van der Waals surface area contributed by atoms with Crippen LogP contribution < -0.4 is 11.1 Å². The van der Waals surface area contributed by atoms with E-state index in [2.05, 4.69) is 29.1 Å². The molecule has 2 atom stereocenters. The molecule has 3 N–H and O–H groups in total. The van der Waals surface area contributed by atoms with Gasteiger partial charge in [-0.1, -0.05) is 13.8 Å². The van der Waals surface area contributed by atoms with Crippen LogP contribution in [0.15, 0.2) is 0 Å². The van der Waals surface area contributed by atoms with Gasteiger partial charge in [0, 0.05) is 19.1 Å². The lowest BCUT2D eigenvalue weighted by atomic mass is 10.1. The largest absolute Gasteiger partial charge is 0.368 e. The zero-order chi connectivity index (χ0) is 13.5. The zero-order valence-electron chi connectivity index (χ0n) is 12.0. The third kappa shape index (κ3) is 4.55. The van der Waals surface area contributed by atoms with Crippen molar-refractivity contribution in [3.8, 4) is 0 Å². The summed E-state index contributed by atoms with van der Waals surface area (Å²) in [5.74, 6) is -0.246. The molecule has 1 heterocycles. The van der Waals surface area contributed by atoms with E-state index in [1.54, 1.807) is 0 Å². The third-order valence-electron chi connectivity index (χ3n) is 3.71. The van der Waals surface area contributed by atoms with E-state index in [1.807, 2.05) is 6.92 Å². The molecule has 0 spiro atoms. The van der Waals surface area contributed by atoms with Gasteiger partial charge in [0.05, 0.1) is 6.04 Å². The van der Waals surface area contributed by atoms with Crippen molar-refractivity contribution in [2.24, 2.45) is 5.73 Å². The molecule has 18 heavy (non-hydrogen) atoms. The van der Waals surface area contributed by atoms with Crippen LogP contribution in [-0.2, 0) is 4.79 Å². The van der Waals surface area contributed by atoms with Gasteiger partial charge in [0.25, 0.3) is 0 Å². The summed E-state index contributed by atoms with van der Waals surface area (Å²) in [5.41, 5.74) is 5.45. The lowest BCUT2D eigenvalue weighted by molar-refractivity contribution is -0.120. The first kappa shape index (κ1) is 15.4. The molecular weight excluding hydrogens is 228 g/mol. The molecule has 0 aliphatic carbocycles. The van der Waals surface area contributed by atoms with E-state index in [0.29, 0.717) is 6.04 Å². The summed E-state index contributed by atoms with van der Waals surface area (Å²) in [7, 11) is 2.17. The minimum absolute atomic E-state index is 0.229. The lowest BCUT2D eigenvalue weighted by Gasteiger charge is -2.32. The maximum absolute atomic E-state index is 11.4. The Kier molecular flexibility index (Phi) is 6.60. The van der Waals surface area contributed by atoms with Crippen LogP contribution in [0.5, 0.6) is 0 Å². The summed E-state index contributed by atoms with van der Waals surface area (Å²) < 4.78 is 0. The Morgan fingerprint density at radius 2 is 2.17 bits per heavy atom. The minimum atomic E-state index is -0.246. The highest BCUT2D eigenvalue weighted by Gasteiger charge is 2.26. The fraction of sp³-hybridized carbons (Fsp3) is 0.923. The number of nitrogens with one attached hydrogen (secondary N) is 1. The predicted octanol–water partition coefficient (Wildman–Crippen LogP) is -0.134. The van der Waals surface area contributed by atoms with E-state index >= 15 is 0 Å². The van der Waals surface area contributed by atoms with E-state index in [0.717, 1.165) is 45.6 Å². The molecule has 1 fully saturated rings. The Morgan fingerprint density at radius 1 is 1.44 bits per heavy atom. The molecule has 0 aromatic carbocycles. The van der Waals surface area contributed by atoms with Crippen LogP contribution in [0.1, 0.15) is 26.7 Å². The first-order valence-electron chi connectivity index (χ1n) is 7.03. The molecule has 1 rings (SSSR count). The van der Waals surface area contributed by atoms with Crippen LogP contribution in [0.4, 0.5) is 0 Å². The minimum Gasteiger partial charge on any atom is -0.368 e. The Hall–Kier alpha value is -0.650. The molecular formula is C13H28N4O. The molecule has 0 saturated carbocycles. The Balaban J connectivity index is 2.62. The molecule has 106 valence electrons. The Morgan fingerprint density at radius 3 is 2.72 bits per heavy atom. The smallest absolute Gasteiger partial charge is 0.235 e. The second kappa shape index (κ2) is 7.71. The average molecular weight is 256 g/mol. The monoisotopic (exact) mass is 256 g/mol. The molecule has 1 aliphatic heterocycles. The molecule has 0 radical (unpaired) electrons. The molecule has 0 aromatic heterocycles. The van der Waals surface area contributed by atoms with Gasteiger partial charge in [-0.25, -0.2) is 0 Å². The van der Waals surface area contributed by atoms with E-state index in [-0.39, 0.29) is 11.9 Å². The van der Waals surface area contributed by atoms with Gasteiger partial charge in [-0.3, -0.25) is 9.69 Å². The van der Waals surface area contributed by atoms with Gasteiger partial charge in [-0.2, -0.15) is 0 Å². The van der Waals surface area contributed by atoms with Crippen LogP contribution in [0, 0.1) is 0 Å². The molecule has 5 nitrogen and oxygen atoms in total. The van der Waals surface area contributed by atoms with Crippen molar-refractivity contribution in [2.45, 2.75) is 38.8 Å². The number of nitrogens with zero attached hydrogens (tertiary/aromatic N) is 2.